The summed E-state index contributed by atoms with van der Waals surface area (Å²) in [5, 5.41) is 4.11. The molecule has 0 saturated carbocycles. The van der Waals surface area contributed by atoms with Gasteiger partial charge in [0.2, 0.25) is 0 Å². The number of amides is 1. The minimum absolute atomic E-state index is 0.160. The maximum absolute atomic E-state index is 14.0. The number of nitrogens with one attached hydrogen (secondary N) is 1. The Kier molecular flexibility index (Phi) is 7.14. The number of hydrogen-bond donors (Lipinski definition) is 1. The highest BCUT2D eigenvalue weighted by Gasteiger charge is 2.39. The van der Waals surface area contributed by atoms with Gasteiger partial charge in [-0.3, -0.25) is 9.78 Å². The Labute approximate surface area is 202 Å². The third-order valence-corrected chi connectivity index (χ3v) is 6.39. The number of nitrogens with zero attached hydrogens (tertiary/aromatic N) is 3. The van der Waals surface area contributed by atoms with Gasteiger partial charge in [-0.05, 0) is 56.0 Å². The van der Waals surface area contributed by atoms with E-state index in [0.29, 0.717) is 42.2 Å². The van der Waals surface area contributed by atoms with Gasteiger partial charge in [0.25, 0.3) is 5.91 Å². The molecule has 1 N–H and O–H groups in total. The fraction of sp³-hybridized carbons (Fsp3) is 0.423. The molecule has 0 aliphatic carbocycles. The largest absolute Gasteiger partial charge is 0.493 e. The number of halogens is 3. The molecule has 2 aromatic heterocycles. The average molecular weight is 487 g/mol. The van der Waals surface area contributed by atoms with Gasteiger partial charge >= 0.3 is 6.18 Å². The maximum Gasteiger partial charge on any atom is 0.417 e. The maximum atomic E-state index is 14.0. The molecule has 35 heavy (non-hydrogen) atoms. The normalized spacial score (nSPS) is 19.1. The highest BCUT2D eigenvalue weighted by Crippen LogP contribution is 2.34. The molecule has 1 saturated heterocycles. The number of anilines is 1. The van der Waals surface area contributed by atoms with Crippen molar-refractivity contribution in [1.29, 1.82) is 0 Å². The van der Waals surface area contributed by atoms with Gasteiger partial charge in [0.05, 0.1) is 23.7 Å². The Morgan fingerprint density at radius 1 is 1.20 bits per heavy atom. The minimum Gasteiger partial charge on any atom is -0.493 e. The van der Waals surface area contributed by atoms with Crippen LogP contribution >= 0.6 is 0 Å². The van der Waals surface area contributed by atoms with E-state index >= 15 is 0 Å². The van der Waals surface area contributed by atoms with Gasteiger partial charge in [0.1, 0.15) is 17.1 Å². The van der Waals surface area contributed by atoms with Gasteiger partial charge in [0.15, 0.2) is 0 Å². The molecule has 1 aliphatic heterocycles. The van der Waals surface area contributed by atoms with Gasteiger partial charge in [-0.1, -0.05) is 19.9 Å². The molecular formula is C26H29F3N4O2. The van der Waals surface area contributed by atoms with Crippen LogP contribution in [0.25, 0.3) is 10.9 Å². The van der Waals surface area contributed by atoms with E-state index in [2.05, 4.69) is 22.2 Å². The Morgan fingerprint density at radius 3 is 2.66 bits per heavy atom. The highest BCUT2D eigenvalue weighted by atomic mass is 19.4. The summed E-state index contributed by atoms with van der Waals surface area (Å²) in [4.78, 5) is 24.3. The molecule has 3 unspecified atom stereocenters. The van der Waals surface area contributed by atoms with Crippen LogP contribution in [0, 0.1) is 5.92 Å². The third kappa shape index (κ3) is 5.18. The fourth-order valence-corrected chi connectivity index (χ4v) is 4.76. The van der Waals surface area contributed by atoms with E-state index in [-0.39, 0.29) is 23.9 Å². The summed E-state index contributed by atoms with van der Waals surface area (Å²) in [6.45, 7) is 6.92. The van der Waals surface area contributed by atoms with Crippen LogP contribution in [0.15, 0.2) is 48.8 Å². The molecular weight excluding hydrogens is 457 g/mol. The number of hydrogen-bond acceptors (Lipinski definition) is 5. The number of alkyl halides is 3. The quantitative estimate of drug-likeness (QED) is 0.458. The second-order valence-electron chi connectivity index (χ2n) is 8.90. The lowest BCUT2D eigenvalue weighted by atomic mass is 9.98. The second kappa shape index (κ2) is 10.1. The molecule has 0 spiro atoms. The Bertz CT molecular complexity index is 1180. The number of carbonyl (C=O) groups excluding carboxylic acids is 1. The summed E-state index contributed by atoms with van der Waals surface area (Å²) in [7, 11) is 0. The van der Waals surface area contributed by atoms with E-state index in [9.17, 15) is 18.0 Å². The van der Waals surface area contributed by atoms with Crippen molar-refractivity contribution in [2.45, 2.75) is 51.9 Å². The first kappa shape index (κ1) is 24.8. The lowest BCUT2D eigenvalue weighted by molar-refractivity contribution is -0.137. The topological polar surface area (TPSA) is 67.3 Å². The number of ether oxygens (including phenoxy) is 1. The third-order valence-electron chi connectivity index (χ3n) is 6.39. The van der Waals surface area contributed by atoms with Crippen LogP contribution in [0.1, 0.15) is 49.5 Å². The van der Waals surface area contributed by atoms with E-state index in [1.807, 2.05) is 36.9 Å². The minimum atomic E-state index is -4.44. The molecule has 0 radical (unpaired) electrons. The van der Waals surface area contributed by atoms with Crippen molar-refractivity contribution >= 4 is 22.6 Å². The molecule has 4 rings (SSSR count). The number of aromatic nitrogens is 2. The van der Waals surface area contributed by atoms with Gasteiger partial charge in [-0.15, -0.1) is 0 Å². The smallest absolute Gasteiger partial charge is 0.417 e. The van der Waals surface area contributed by atoms with Crippen LogP contribution in [0.5, 0.6) is 5.75 Å². The van der Waals surface area contributed by atoms with Gasteiger partial charge in [-0.25, -0.2) is 4.98 Å². The number of pyridine rings is 2. The first-order valence-corrected chi connectivity index (χ1v) is 11.8. The summed E-state index contributed by atoms with van der Waals surface area (Å²) in [6, 6.07) is 9.41. The molecule has 1 amide bonds. The molecule has 1 aromatic carbocycles. The van der Waals surface area contributed by atoms with Crippen molar-refractivity contribution in [1.82, 2.24) is 14.9 Å². The van der Waals surface area contributed by atoms with E-state index in [1.165, 1.54) is 6.07 Å². The van der Waals surface area contributed by atoms with E-state index in [1.54, 1.807) is 12.3 Å². The molecule has 1 fully saturated rings. The van der Waals surface area contributed by atoms with Crippen LogP contribution in [0.2, 0.25) is 0 Å². The molecule has 3 atom stereocenters. The number of fused-ring (bicyclic) bond motifs is 1. The lowest BCUT2D eigenvalue weighted by Gasteiger charge is -2.32. The average Bonchev–Trinajstić information content (AvgIpc) is 3.23. The number of rotatable bonds is 7. The van der Waals surface area contributed by atoms with Crippen LogP contribution in [-0.2, 0) is 6.18 Å². The van der Waals surface area contributed by atoms with Gasteiger partial charge in [-0.2, -0.15) is 13.2 Å². The van der Waals surface area contributed by atoms with Crippen LogP contribution in [-0.4, -0.2) is 46.0 Å². The number of benzene rings is 1. The number of carbonyl (C=O) groups is 1. The summed E-state index contributed by atoms with van der Waals surface area (Å²) in [5.74, 6) is 0.942. The van der Waals surface area contributed by atoms with Crippen molar-refractivity contribution in [3.63, 3.8) is 0 Å². The fourth-order valence-electron chi connectivity index (χ4n) is 4.76. The number of likely N-dealkylation sites (tertiary alicyclic amines) is 1. The Hall–Kier alpha value is -3.36. The van der Waals surface area contributed by atoms with Crippen LogP contribution < -0.4 is 10.1 Å². The zero-order chi connectivity index (χ0) is 25.2. The zero-order valence-electron chi connectivity index (χ0n) is 20.0. The molecule has 0 bridgehead atoms. The van der Waals surface area contributed by atoms with Crippen molar-refractivity contribution in [3.8, 4) is 5.75 Å². The van der Waals surface area contributed by atoms with Gasteiger partial charge in [0, 0.05) is 30.4 Å². The summed E-state index contributed by atoms with van der Waals surface area (Å²) in [5.41, 5.74) is 0.230. The predicted octanol–water partition coefficient (Wildman–Crippen LogP) is 5.79. The summed E-state index contributed by atoms with van der Waals surface area (Å²) >= 11 is 0. The van der Waals surface area contributed by atoms with Crippen molar-refractivity contribution < 1.29 is 22.7 Å². The summed E-state index contributed by atoms with van der Waals surface area (Å²) < 4.78 is 44.6. The molecule has 1 aliphatic rings. The molecule has 3 aromatic rings. The van der Waals surface area contributed by atoms with E-state index in [4.69, 9.17) is 4.74 Å². The highest BCUT2D eigenvalue weighted by molar-refractivity contribution is 6.08. The Morgan fingerprint density at radius 2 is 2.00 bits per heavy atom. The summed E-state index contributed by atoms with van der Waals surface area (Å²) in [6.07, 6.45) is -0.530. The molecule has 3 heterocycles. The first-order chi connectivity index (χ1) is 16.7. The van der Waals surface area contributed by atoms with Crippen molar-refractivity contribution in [3.05, 3.63) is 59.9 Å². The Balaban J connectivity index is 1.65. The standard InChI is InChI=1S/C26H29F3N4O2/c1-4-19(32-22-11-9-18(14-31-22)26(27,28)29)20-13-16(3)15-33(20)25(34)23-21(35-5-2)10-8-17-7-6-12-30-24(17)23/h6-12,14,16,19-20H,4-5,13,15H2,1-3H3,(H,31,32). The SMILES string of the molecule is CCOc1ccc2cccnc2c1C(=O)N1CC(C)CC1C(CC)Nc1ccc(C(F)(F)F)cn1. The van der Waals surface area contributed by atoms with Crippen LogP contribution in [0.4, 0.5) is 19.0 Å². The van der Waals surface area contributed by atoms with Gasteiger partial charge < -0.3 is 15.0 Å². The zero-order valence-corrected chi connectivity index (χ0v) is 20.0. The van der Waals surface area contributed by atoms with E-state index < -0.39 is 11.7 Å². The van der Waals surface area contributed by atoms with Crippen LogP contribution in [0.3, 0.4) is 0 Å². The van der Waals surface area contributed by atoms with Crippen molar-refractivity contribution in [2.24, 2.45) is 5.92 Å². The van der Waals surface area contributed by atoms with E-state index in [0.717, 1.165) is 24.1 Å². The molecule has 186 valence electrons. The molecule has 9 heteroatoms. The second-order valence-corrected chi connectivity index (χ2v) is 8.90. The van der Waals surface area contributed by atoms with Crippen molar-refractivity contribution in [2.75, 3.05) is 18.5 Å². The monoisotopic (exact) mass is 486 g/mol. The molecule has 6 nitrogen and oxygen atoms in total. The lowest BCUT2D eigenvalue weighted by Crippen LogP contribution is -2.46. The predicted molar refractivity (Wildman–Crippen MR) is 128 cm³/mol. The first-order valence-electron chi connectivity index (χ1n) is 11.8.